The van der Waals surface area contributed by atoms with Gasteiger partial charge in [0.2, 0.25) is 0 Å². The van der Waals surface area contributed by atoms with Crippen molar-refractivity contribution in [2.45, 2.75) is 26.4 Å². The number of rotatable bonds is 1. The lowest BCUT2D eigenvalue weighted by Gasteiger charge is -2.21. The highest BCUT2D eigenvalue weighted by atomic mass is 16.5. The highest BCUT2D eigenvalue weighted by Crippen LogP contribution is 2.24. The highest BCUT2D eigenvalue weighted by Gasteiger charge is 2.14. The first-order chi connectivity index (χ1) is 9.87. The molecule has 21 heavy (non-hydrogen) atoms. The average Bonchev–Trinajstić information content (AvgIpc) is 2.43. The molecule has 108 valence electrons. The minimum atomic E-state index is -0.282. The monoisotopic (exact) mass is 281 g/mol. The second-order valence-electron chi connectivity index (χ2n) is 6.30. The average molecular weight is 281 g/mol. The van der Waals surface area contributed by atoms with E-state index in [-0.39, 0.29) is 11.0 Å². The topological polar surface area (TPSA) is 31.2 Å². The number of hydrogen-bond donors (Lipinski definition) is 0. The molecule has 0 aliphatic heterocycles. The summed E-state index contributed by atoms with van der Waals surface area (Å²) in [5.41, 5.74) is 1.63. The molecule has 0 bridgehead atoms. The Morgan fingerprint density at radius 2 is 1.62 bits per heavy atom. The Labute approximate surface area is 123 Å². The lowest BCUT2D eigenvalue weighted by molar-refractivity contribution is 0.131. The summed E-state index contributed by atoms with van der Waals surface area (Å²) in [5, 5.41) is 1.43. The fourth-order valence-corrected chi connectivity index (χ4v) is 2.64. The zero-order valence-corrected chi connectivity index (χ0v) is 12.8. The highest BCUT2D eigenvalue weighted by molar-refractivity contribution is 5.93. The van der Waals surface area contributed by atoms with Gasteiger partial charge in [0.1, 0.15) is 11.4 Å². The number of aryl methyl sites for hydroxylation is 1. The van der Waals surface area contributed by atoms with E-state index < -0.39 is 0 Å². The van der Waals surface area contributed by atoms with E-state index in [2.05, 4.69) is 0 Å². The molecule has 0 saturated heterocycles. The number of hydrogen-bond acceptors (Lipinski definition) is 2. The SMILES string of the molecule is Cn1c2ccccc2c(=O)c2cc(OC(C)(C)C)ccc21. The fourth-order valence-electron chi connectivity index (χ4n) is 2.64. The molecule has 0 saturated carbocycles. The van der Waals surface area contributed by atoms with Gasteiger partial charge >= 0.3 is 0 Å². The number of pyridine rings is 1. The van der Waals surface area contributed by atoms with Gasteiger partial charge in [0.15, 0.2) is 5.43 Å². The molecule has 0 aliphatic rings. The first-order valence-corrected chi connectivity index (χ1v) is 7.07. The third kappa shape index (κ3) is 2.40. The van der Waals surface area contributed by atoms with Crippen molar-refractivity contribution >= 4 is 21.8 Å². The van der Waals surface area contributed by atoms with Crippen LogP contribution in [0.25, 0.3) is 21.8 Å². The van der Waals surface area contributed by atoms with Gasteiger partial charge in [0.25, 0.3) is 0 Å². The molecule has 0 amide bonds. The number of nitrogens with zero attached hydrogens (tertiary/aromatic N) is 1. The predicted molar refractivity (Wildman–Crippen MR) is 87.1 cm³/mol. The Balaban J connectivity index is 2.33. The molecule has 1 heterocycles. The summed E-state index contributed by atoms with van der Waals surface area (Å²) in [6.45, 7) is 5.99. The van der Waals surface area contributed by atoms with Crippen LogP contribution in [0.5, 0.6) is 5.75 Å². The molecule has 3 nitrogen and oxygen atoms in total. The zero-order valence-electron chi connectivity index (χ0n) is 12.8. The number of aromatic nitrogens is 1. The molecule has 0 atom stereocenters. The van der Waals surface area contributed by atoms with Crippen molar-refractivity contribution in [3.05, 3.63) is 52.7 Å². The van der Waals surface area contributed by atoms with Crippen LogP contribution in [0.4, 0.5) is 0 Å². The minimum absolute atomic E-state index is 0.0538. The van der Waals surface area contributed by atoms with Crippen molar-refractivity contribution < 1.29 is 4.74 Å². The molecule has 0 spiro atoms. The van der Waals surface area contributed by atoms with Crippen molar-refractivity contribution in [3.63, 3.8) is 0 Å². The molecule has 2 aromatic carbocycles. The van der Waals surface area contributed by atoms with Gasteiger partial charge < -0.3 is 9.30 Å². The van der Waals surface area contributed by atoms with E-state index in [4.69, 9.17) is 4.74 Å². The van der Waals surface area contributed by atoms with Crippen LogP contribution >= 0.6 is 0 Å². The van der Waals surface area contributed by atoms with Gasteiger partial charge in [-0.2, -0.15) is 0 Å². The summed E-state index contributed by atoms with van der Waals surface area (Å²) in [5.74, 6) is 0.724. The van der Waals surface area contributed by atoms with Crippen molar-refractivity contribution in [2.24, 2.45) is 7.05 Å². The maximum absolute atomic E-state index is 12.7. The Hall–Kier alpha value is -2.29. The third-order valence-corrected chi connectivity index (χ3v) is 3.51. The smallest absolute Gasteiger partial charge is 0.197 e. The molecule has 3 heteroatoms. The number of fused-ring (bicyclic) bond motifs is 2. The molecular weight excluding hydrogens is 262 g/mol. The van der Waals surface area contributed by atoms with Crippen LogP contribution in [-0.4, -0.2) is 10.2 Å². The van der Waals surface area contributed by atoms with Gasteiger partial charge in [-0.1, -0.05) is 12.1 Å². The maximum atomic E-state index is 12.7. The summed E-state index contributed by atoms with van der Waals surface area (Å²) in [6.07, 6.45) is 0. The molecule has 1 aromatic heterocycles. The summed E-state index contributed by atoms with van der Waals surface area (Å²) >= 11 is 0. The number of ether oxygens (including phenoxy) is 1. The van der Waals surface area contributed by atoms with E-state index in [1.807, 2.05) is 74.9 Å². The fraction of sp³-hybridized carbons (Fsp3) is 0.278. The lowest BCUT2D eigenvalue weighted by Crippen LogP contribution is -2.23. The first-order valence-electron chi connectivity index (χ1n) is 7.07. The van der Waals surface area contributed by atoms with Crippen molar-refractivity contribution in [1.82, 2.24) is 4.57 Å². The van der Waals surface area contributed by atoms with Crippen LogP contribution in [0.3, 0.4) is 0 Å². The first kappa shape index (κ1) is 13.7. The molecule has 0 N–H and O–H groups in total. The van der Waals surface area contributed by atoms with Gasteiger partial charge in [-0.3, -0.25) is 4.79 Å². The van der Waals surface area contributed by atoms with Gasteiger partial charge in [-0.25, -0.2) is 0 Å². The number of benzene rings is 2. The quantitative estimate of drug-likeness (QED) is 0.634. The van der Waals surface area contributed by atoms with Gasteiger partial charge in [0.05, 0.1) is 11.0 Å². The van der Waals surface area contributed by atoms with Crippen molar-refractivity contribution in [2.75, 3.05) is 0 Å². The van der Waals surface area contributed by atoms with Crippen LogP contribution < -0.4 is 10.2 Å². The Morgan fingerprint density at radius 3 is 2.33 bits per heavy atom. The zero-order chi connectivity index (χ0) is 15.2. The van der Waals surface area contributed by atoms with Gasteiger partial charge in [-0.05, 0) is 51.1 Å². The molecule has 0 aliphatic carbocycles. The molecule has 3 aromatic rings. The van der Waals surface area contributed by atoms with Crippen LogP contribution in [-0.2, 0) is 7.05 Å². The van der Waals surface area contributed by atoms with Gasteiger partial charge in [-0.15, -0.1) is 0 Å². The standard InChI is InChI=1S/C18H19NO2/c1-18(2,3)21-12-9-10-16-14(11-12)17(20)13-7-5-6-8-15(13)19(16)4/h5-11H,1-4H3. The second kappa shape index (κ2) is 4.62. The summed E-state index contributed by atoms with van der Waals surface area (Å²) in [7, 11) is 1.98. The summed E-state index contributed by atoms with van der Waals surface area (Å²) in [4.78, 5) is 12.7. The van der Waals surface area contributed by atoms with Crippen LogP contribution in [0.2, 0.25) is 0 Å². The Morgan fingerprint density at radius 1 is 0.952 bits per heavy atom. The van der Waals surface area contributed by atoms with E-state index >= 15 is 0 Å². The van der Waals surface area contributed by atoms with Gasteiger partial charge in [0, 0.05) is 17.8 Å². The van der Waals surface area contributed by atoms with Crippen LogP contribution in [0.15, 0.2) is 47.3 Å². The largest absolute Gasteiger partial charge is 0.488 e. The predicted octanol–water partition coefficient (Wildman–Crippen LogP) is 3.87. The van der Waals surface area contributed by atoms with E-state index in [1.165, 1.54) is 0 Å². The maximum Gasteiger partial charge on any atom is 0.197 e. The Bertz CT molecular complexity index is 885. The molecular formula is C18H19NO2. The van der Waals surface area contributed by atoms with Crippen LogP contribution in [0.1, 0.15) is 20.8 Å². The minimum Gasteiger partial charge on any atom is -0.488 e. The summed E-state index contributed by atoms with van der Waals surface area (Å²) in [6, 6.07) is 13.4. The van der Waals surface area contributed by atoms with E-state index in [0.29, 0.717) is 5.39 Å². The van der Waals surface area contributed by atoms with Crippen LogP contribution in [0, 0.1) is 0 Å². The molecule has 0 unspecified atom stereocenters. The van der Waals surface area contributed by atoms with E-state index in [1.54, 1.807) is 0 Å². The van der Waals surface area contributed by atoms with Crippen molar-refractivity contribution in [1.29, 1.82) is 0 Å². The Kier molecular flexibility index (Phi) is 3.01. The molecule has 0 fully saturated rings. The summed E-state index contributed by atoms with van der Waals surface area (Å²) < 4.78 is 7.92. The lowest BCUT2D eigenvalue weighted by atomic mass is 10.1. The normalized spacial score (nSPS) is 12.0. The number of para-hydroxylation sites is 1. The molecule has 0 radical (unpaired) electrons. The third-order valence-electron chi connectivity index (χ3n) is 3.51. The van der Waals surface area contributed by atoms with E-state index in [9.17, 15) is 4.79 Å². The van der Waals surface area contributed by atoms with Crippen molar-refractivity contribution in [3.8, 4) is 5.75 Å². The second-order valence-corrected chi connectivity index (χ2v) is 6.30. The van der Waals surface area contributed by atoms with E-state index in [0.717, 1.165) is 22.2 Å². The molecule has 3 rings (SSSR count).